The van der Waals surface area contributed by atoms with Crippen LogP contribution in [-0.2, 0) is 16.0 Å². The normalized spacial score (nSPS) is 22.8. The molecule has 6 nitrogen and oxygen atoms in total. The van der Waals surface area contributed by atoms with Crippen LogP contribution in [0.15, 0.2) is 66.7 Å². The Balaban J connectivity index is 1.20. The average molecular weight is 482 g/mol. The summed E-state index contributed by atoms with van der Waals surface area (Å²) in [5.74, 6) is -0.0920. The van der Waals surface area contributed by atoms with Crippen molar-refractivity contribution >= 4 is 34.2 Å². The van der Waals surface area contributed by atoms with Crippen LogP contribution < -0.4 is 10.2 Å². The number of nitrogens with zero attached hydrogens (tertiary/aromatic N) is 2. The van der Waals surface area contributed by atoms with E-state index in [4.69, 9.17) is 0 Å². The Morgan fingerprint density at radius 2 is 1.67 bits per heavy atom. The van der Waals surface area contributed by atoms with E-state index in [0.29, 0.717) is 24.4 Å². The quantitative estimate of drug-likeness (QED) is 0.604. The summed E-state index contributed by atoms with van der Waals surface area (Å²) in [7, 11) is 0. The van der Waals surface area contributed by atoms with Crippen LogP contribution in [0.3, 0.4) is 0 Å². The van der Waals surface area contributed by atoms with Gasteiger partial charge in [0.25, 0.3) is 5.91 Å². The number of carbonyl (C=O) groups is 3. The zero-order chi connectivity index (χ0) is 24.6. The largest absolute Gasteiger partial charge is 0.345 e. The average Bonchev–Trinajstić information content (AvgIpc) is 3.53. The number of nitrogens with one attached hydrogen (secondary N) is 1. The Morgan fingerprint density at radius 3 is 2.56 bits per heavy atom. The second-order valence-corrected chi connectivity index (χ2v) is 10.3. The predicted molar refractivity (Wildman–Crippen MR) is 140 cm³/mol. The number of benzene rings is 3. The topological polar surface area (TPSA) is 69.7 Å². The molecule has 2 aliphatic heterocycles. The molecule has 1 N–H and O–H groups in total. The molecule has 0 radical (unpaired) electrons. The summed E-state index contributed by atoms with van der Waals surface area (Å²) in [6.07, 6.45) is 5.67. The van der Waals surface area contributed by atoms with Crippen LogP contribution in [0.4, 0.5) is 5.69 Å². The maximum absolute atomic E-state index is 13.8. The Bertz CT molecular complexity index is 1340. The molecule has 2 fully saturated rings. The number of amides is 3. The highest BCUT2D eigenvalue weighted by molar-refractivity contribution is 6.02. The van der Waals surface area contributed by atoms with Crippen molar-refractivity contribution in [2.45, 2.75) is 50.6 Å². The predicted octanol–water partition coefficient (Wildman–Crippen LogP) is 4.32. The van der Waals surface area contributed by atoms with Gasteiger partial charge in [-0.3, -0.25) is 14.4 Å². The van der Waals surface area contributed by atoms with Gasteiger partial charge in [0.1, 0.15) is 6.04 Å². The molecule has 3 aromatic rings. The van der Waals surface area contributed by atoms with E-state index in [1.54, 1.807) is 4.90 Å². The molecule has 2 heterocycles. The van der Waals surface area contributed by atoms with Gasteiger partial charge in [0.2, 0.25) is 11.8 Å². The highest BCUT2D eigenvalue weighted by Crippen LogP contribution is 2.40. The summed E-state index contributed by atoms with van der Waals surface area (Å²) < 4.78 is 0. The molecule has 0 unspecified atom stereocenters. The zero-order valence-corrected chi connectivity index (χ0v) is 20.4. The number of para-hydroxylation sites is 1. The van der Waals surface area contributed by atoms with E-state index < -0.39 is 6.04 Å². The summed E-state index contributed by atoms with van der Waals surface area (Å²) in [6.45, 7) is 0.575. The molecule has 3 amide bonds. The minimum absolute atomic E-state index is 0.0585. The SMILES string of the molecule is O=C(NCC(=O)N1CCc2ccccc21)[C@@H]1C[C@@H]2CCCC[C@@H]2N1C(=O)c1ccc2ccccc2c1. The van der Waals surface area contributed by atoms with Crippen molar-refractivity contribution in [2.24, 2.45) is 5.92 Å². The second kappa shape index (κ2) is 9.41. The number of hydrogen-bond acceptors (Lipinski definition) is 3. The Morgan fingerprint density at radius 1 is 0.889 bits per heavy atom. The van der Waals surface area contributed by atoms with Gasteiger partial charge in [0.15, 0.2) is 0 Å². The van der Waals surface area contributed by atoms with Crippen LogP contribution in [0.1, 0.15) is 48.0 Å². The molecule has 3 aromatic carbocycles. The van der Waals surface area contributed by atoms with Crippen LogP contribution in [0, 0.1) is 5.92 Å². The lowest BCUT2D eigenvalue weighted by Crippen LogP contribution is -2.51. The highest BCUT2D eigenvalue weighted by Gasteiger charge is 2.47. The van der Waals surface area contributed by atoms with Crippen LogP contribution in [0.2, 0.25) is 0 Å². The number of likely N-dealkylation sites (tertiary alicyclic amines) is 1. The lowest BCUT2D eigenvalue weighted by atomic mass is 9.84. The molecule has 3 atom stereocenters. The third-order valence-corrected chi connectivity index (χ3v) is 8.22. The molecule has 3 aliphatic rings. The molecule has 0 bridgehead atoms. The lowest BCUT2D eigenvalue weighted by Gasteiger charge is -2.33. The number of carbonyl (C=O) groups excluding carboxylic acids is 3. The van der Waals surface area contributed by atoms with E-state index in [0.717, 1.165) is 54.1 Å². The second-order valence-electron chi connectivity index (χ2n) is 10.3. The molecule has 1 saturated carbocycles. The summed E-state index contributed by atoms with van der Waals surface area (Å²) >= 11 is 0. The number of anilines is 1. The van der Waals surface area contributed by atoms with Crippen molar-refractivity contribution in [1.82, 2.24) is 10.2 Å². The maximum Gasteiger partial charge on any atom is 0.254 e. The molecule has 6 rings (SSSR count). The fraction of sp³-hybridized carbons (Fsp3) is 0.367. The van der Waals surface area contributed by atoms with Crippen molar-refractivity contribution in [3.8, 4) is 0 Å². The van der Waals surface area contributed by atoms with Crippen molar-refractivity contribution in [2.75, 3.05) is 18.0 Å². The Labute approximate surface area is 211 Å². The highest BCUT2D eigenvalue weighted by atomic mass is 16.2. The van der Waals surface area contributed by atoms with Gasteiger partial charge in [-0.05, 0) is 66.1 Å². The van der Waals surface area contributed by atoms with Crippen LogP contribution >= 0.6 is 0 Å². The summed E-state index contributed by atoms with van der Waals surface area (Å²) in [5.41, 5.74) is 2.70. The molecular weight excluding hydrogens is 450 g/mol. The van der Waals surface area contributed by atoms with Crippen molar-refractivity contribution in [3.05, 3.63) is 77.9 Å². The van der Waals surface area contributed by atoms with E-state index in [1.165, 1.54) is 0 Å². The third-order valence-electron chi connectivity index (χ3n) is 8.22. The number of fused-ring (bicyclic) bond motifs is 3. The first-order valence-corrected chi connectivity index (χ1v) is 13.1. The molecule has 184 valence electrons. The van der Waals surface area contributed by atoms with E-state index in [9.17, 15) is 14.4 Å². The maximum atomic E-state index is 13.8. The first-order chi connectivity index (χ1) is 17.6. The van der Waals surface area contributed by atoms with Gasteiger partial charge >= 0.3 is 0 Å². The number of rotatable bonds is 4. The smallest absolute Gasteiger partial charge is 0.254 e. The summed E-state index contributed by atoms with van der Waals surface area (Å²) in [6, 6.07) is 21.2. The van der Waals surface area contributed by atoms with Crippen molar-refractivity contribution < 1.29 is 14.4 Å². The molecule has 0 aromatic heterocycles. The van der Waals surface area contributed by atoms with Gasteiger partial charge in [0, 0.05) is 23.8 Å². The monoisotopic (exact) mass is 481 g/mol. The first-order valence-electron chi connectivity index (χ1n) is 13.1. The first kappa shape index (κ1) is 22.8. The minimum Gasteiger partial charge on any atom is -0.345 e. The zero-order valence-electron chi connectivity index (χ0n) is 20.4. The van der Waals surface area contributed by atoms with Gasteiger partial charge in [0.05, 0.1) is 6.54 Å². The molecule has 6 heteroatoms. The standard InChI is InChI=1S/C30H31N3O3/c34-28(32-16-15-21-8-3-5-11-25(21)32)19-31-29(35)27-18-23-10-4-6-12-26(23)33(27)30(36)24-14-13-20-7-1-2-9-22(20)17-24/h1-3,5,7-9,11,13-14,17,23,26-27H,4,6,10,12,15-16,18-19H2,(H,31,35)/t23-,26-,27-/m0/s1. The van der Waals surface area contributed by atoms with Crippen LogP contribution in [0.5, 0.6) is 0 Å². The molecule has 36 heavy (non-hydrogen) atoms. The molecular formula is C30H31N3O3. The van der Waals surface area contributed by atoms with E-state index in [-0.39, 0.29) is 30.3 Å². The van der Waals surface area contributed by atoms with Crippen molar-refractivity contribution in [1.29, 1.82) is 0 Å². The summed E-state index contributed by atoms with van der Waals surface area (Å²) in [4.78, 5) is 43.8. The fourth-order valence-electron chi connectivity index (χ4n) is 6.43. The number of hydrogen-bond donors (Lipinski definition) is 1. The molecule has 1 aliphatic carbocycles. The lowest BCUT2D eigenvalue weighted by molar-refractivity contribution is -0.127. The Kier molecular flexibility index (Phi) is 5.96. The van der Waals surface area contributed by atoms with Gasteiger partial charge in [-0.1, -0.05) is 61.4 Å². The van der Waals surface area contributed by atoms with Crippen LogP contribution in [-0.4, -0.2) is 47.8 Å². The van der Waals surface area contributed by atoms with E-state index in [1.807, 2.05) is 71.6 Å². The molecule has 1 saturated heterocycles. The van der Waals surface area contributed by atoms with Gasteiger partial charge in [-0.15, -0.1) is 0 Å². The van der Waals surface area contributed by atoms with Crippen LogP contribution in [0.25, 0.3) is 10.8 Å². The van der Waals surface area contributed by atoms with E-state index >= 15 is 0 Å². The summed E-state index contributed by atoms with van der Waals surface area (Å²) in [5, 5.41) is 4.98. The minimum atomic E-state index is -0.546. The van der Waals surface area contributed by atoms with Gasteiger partial charge in [-0.2, -0.15) is 0 Å². The molecule has 0 spiro atoms. The van der Waals surface area contributed by atoms with Gasteiger partial charge in [-0.25, -0.2) is 0 Å². The third kappa shape index (κ3) is 4.04. The van der Waals surface area contributed by atoms with E-state index in [2.05, 4.69) is 5.32 Å². The Hall–Kier alpha value is -3.67. The fourth-order valence-corrected chi connectivity index (χ4v) is 6.43. The van der Waals surface area contributed by atoms with Gasteiger partial charge < -0.3 is 15.1 Å². The van der Waals surface area contributed by atoms with Crippen molar-refractivity contribution in [3.63, 3.8) is 0 Å².